The molecule has 0 saturated heterocycles. The van der Waals surface area contributed by atoms with E-state index in [2.05, 4.69) is 10.9 Å². The van der Waals surface area contributed by atoms with Gasteiger partial charge in [-0.15, -0.1) is 6.42 Å². The number of anilines is 1. The van der Waals surface area contributed by atoms with Gasteiger partial charge in [0.1, 0.15) is 5.82 Å². The van der Waals surface area contributed by atoms with E-state index in [-0.39, 0.29) is 0 Å². The molecule has 0 spiro atoms. The summed E-state index contributed by atoms with van der Waals surface area (Å²) in [4.78, 5) is 5.35. The third-order valence-electron chi connectivity index (χ3n) is 1.42. The fourth-order valence-corrected chi connectivity index (χ4v) is 0.828. The van der Waals surface area contributed by atoms with Crippen LogP contribution < -0.4 is 4.90 Å². The van der Waals surface area contributed by atoms with E-state index in [1.807, 2.05) is 0 Å². The maximum absolute atomic E-state index is 12.6. The molecule has 0 fully saturated rings. The Bertz CT molecular complexity index is 304. The van der Waals surface area contributed by atoms with E-state index in [9.17, 15) is 4.39 Å². The lowest BCUT2D eigenvalue weighted by Gasteiger charge is -2.13. The van der Waals surface area contributed by atoms with Crippen molar-refractivity contribution in [3.8, 4) is 12.3 Å². The second-order valence-corrected chi connectivity index (χ2v) is 2.38. The maximum Gasteiger partial charge on any atom is 0.214 e. The number of terminal acetylenes is 1. The van der Waals surface area contributed by atoms with Crippen LogP contribution in [0.25, 0.3) is 0 Å². The Morgan fingerprint density at radius 3 is 3.00 bits per heavy atom. The van der Waals surface area contributed by atoms with Crippen LogP contribution in [-0.4, -0.2) is 18.6 Å². The van der Waals surface area contributed by atoms with Crippen LogP contribution in [0.15, 0.2) is 18.2 Å². The number of rotatable bonds is 2. The van der Waals surface area contributed by atoms with Crippen LogP contribution in [0.4, 0.5) is 10.2 Å². The van der Waals surface area contributed by atoms with E-state index in [0.29, 0.717) is 12.4 Å². The minimum Gasteiger partial charge on any atom is -0.348 e. The second-order valence-electron chi connectivity index (χ2n) is 2.38. The van der Waals surface area contributed by atoms with Gasteiger partial charge in [0.15, 0.2) is 0 Å². The van der Waals surface area contributed by atoms with Crippen molar-refractivity contribution in [2.45, 2.75) is 0 Å². The van der Waals surface area contributed by atoms with Crippen LogP contribution in [0.3, 0.4) is 0 Å². The number of aromatic nitrogens is 1. The minimum absolute atomic E-state index is 0.427. The van der Waals surface area contributed by atoms with Gasteiger partial charge in [0.25, 0.3) is 0 Å². The Hall–Kier alpha value is -1.56. The highest BCUT2D eigenvalue weighted by Gasteiger charge is 2.00. The molecule has 0 N–H and O–H groups in total. The highest BCUT2D eigenvalue weighted by atomic mass is 19.1. The van der Waals surface area contributed by atoms with Gasteiger partial charge < -0.3 is 4.90 Å². The fourth-order valence-electron chi connectivity index (χ4n) is 0.828. The van der Waals surface area contributed by atoms with E-state index >= 15 is 0 Å². The second kappa shape index (κ2) is 3.72. The Labute approximate surface area is 71.0 Å². The molecule has 12 heavy (non-hydrogen) atoms. The van der Waals surface area contributed by atoms with Gasteiger partial charge in [-0.2, -0.15) is 4.39 Å². The highest BCUT2D eigenvalue weighted by Crippen LogP contribution is 2.07. The predicted molar refractivity (Wildman–Crippen MR) is 46.3 cm³/mol. The van der Waals surface area contributed by atoms with Gasteiger partial charge in [-0.05, 0) is 12.1 Å². The third-order valence-corrected chi connectivity index (χ3v) is 1.42. The first-order valence-electron chi connectivity index (χ1n) is 3.51. The Kier molecular flexibility index (Phi) is 2.65. The summed E-state index contributed by atoms with van der Waals surface area (Å²) in [5.74, 6) is 2.51. The SMILES string of the molecule is C#CCN(C)c1cccc(F)n1. The molecule has 0 amide bonds. The number of pyridine rings is 1. The lowest BCUT2D eigenvalue weighted by molar-refractivity contribution is 0.583. The van der Waals surface area contributed by atoms with Gasteiger partial charge in [-0.1, -0.05) is 12.0 Å². The van der Waals surface area contributed by atoms with E-state index in [0.717, 1.165) is 0 Å². The predicted octanol–water partition coefficient (Wildman–Crippen LogP) is 1.29. The molecular weight excluding hydrogens is 155 g/mol. The van der Waals surface area contributed by atoms with E-state index < -0.39 is 5.95 Å². The van der Waals surface area contributed by atoms with E-state index in [1.54, 1.807) is 24.1 Å². The van der Waals surface area contributed by atoms with Crippen molar-refractivity contribution in [3.63, 3.8) is 0 Å². The molecule has 0 atom stereocenters. The fraction of sp³-hybridized carbons (Fsp3) is 0.222. The zero-order valence-corrected chi connectivity index (χ0v) is 6.79. The summed E-state index contributed by atoms with van der Waals surface area (Å²) in [5.41, 5.74) is 0. The van der Waals surface area contributed by atoms with Crippen LogP contribution >= 0.6 is 0 Å². The third kappa shape index (κ3) is 1.96. The van der Waals surface area contributed by atoms with Crippen LogP contribution in [0, 0.1) is 18.3 Å². The quantitative estimate of drug-likeness (QED) is 0.483. The maximum atomic E-state index is 12.6. The van der Waals surface area contributed by atoms with Crippen molar-refractivity contribution in [3.05, 3.63) is 24.1 Å². The Morgan fingerprint density at radius 1 is 1.67 bits per heavy atom. The first-order chi connectivity index (χ1) is 5.74. The standard InChI is InChI=1S/C9H9FN2/c1-3-7-12(2)9-6-4-5-8(10)11-9/h1,4-6H,7H2,2H3. The largest absolute Gasteiger partial charge is 0.348 e. The zero-order chi connectivity index (χ0) is 8.97. The number of hydrogen-bond acceptors (Lipinski definition) is 2. The molecule has 1 aromatic heterocycles. The molecular formula is C9H9FN2. The molecule has 0 bridgehead atoms. The first-order valence-corrected chi connectivity index (χ1v) is 3.51. The zero-order valence-electron chi connectivity index (χ0n) is 6.79. The normalized spacial score (nSPS) is 9.08. The van der Waals surface area contributed by atoms with Gasteiger partial charge in [-0.3, -0.25) is 0 Å². The Morgan fingerprint density at radius 2 is 2.42 bits per heavy atom. The average molecular weight is 164 g/mol. The van der Waals surface area contributed by atoms with Crippen molar-refractivity contribution in [2.24, 2.45) is 0 Å². The van der Waals surface area contributed by atoms with Crippen LogP contribution in [0.1, 0.15) is 0 Å². The van der Waals surface area contributed by atoms with Gasteiger partial charge in [0.05, 0.1) is 6.54 Å². The monoisotopic (exact) mass is 164 g/mol. The van der Waals surface area contributed by atoms with Crippen molar-refractivity contribution in [1.82, 2.24) is 4.98 Å². The molecule has 1 rings (SSSR count). The van der Waals surface area contributed by atoms with Crippen molar-refractivity contribution < 1.29 is 4.39 Å². The number of nitrogens with zero attached hydrogens (tertiary/aromatic N) is 2. The van der Waals surface area contributed by atoms with Gasteiger partial charge in [-0.25, -0.2) is 4.98 Å². The summed E-state index contributed by atoms with van der Waals surface area (Å²) in [6, 6.07) is 4.61. The lowest BCUT2D eigenvalue weighted by Crippen LogP contribution is -2.18. The molecule has 62 valence electrons. The summed E-state index contributed by atoms with van der Waals surface area (Å²) in [6.45, 7) is 0.427. The molecule has 0 saturated carbocycles. The van der Waals surface area contributed by atoms with Crippen molar-refractivity contribution >= 4 is 5.82 Å². The molecule has 0 radical (unpaired) electrons. The Balaban J connectivity index is 2.82. The van der Waals surface area contributed by atoms with Crippen LogP contribution in [-0.2, 0) is 0 Å². The van der Waals surface area contributed by atoms with Crippen LogP contribution in [0.2, 0.25) is 0 Å². The number of halogens is 1. The summed E-state index contributed by atoms with van der Waals surface area (Å²) in [6.07, 6.45) is 5.09. The van der Waals surface area contributed by atoms with Crippen molar-refractivity contribution in [2.75, 3.05) is 18.5 Å². The summed E-state index contributed by atoms with van der Waals surface area (Å²) in [5, 5.41) is 0. The molecule has 3 heteroatoms. The molecule has 0 aromatic carbocycles. The van der Waals surface area contributed by atoms with Gasteiger partial charge >= 0.3 is 0 Å². The molecule has 1 heterocycles. The molecule has 0 aliphatic rings. The lowest BCUT2D eigenvalue weighted by atomic mass is 10.4. The smallest absolute Gasteiger partial charge is 0.214 e. The van der Waals surface area contributed by atoms with Crippen molar-refractivity contribution in [1.29, 1.82) is 0 Å². The highest BCUT2D eigenvalue weighted by molar-refractivity contribution is 5.38. The average Bonchev–Trinajstić information content (AvgIpc) is 2.05. The van der Waals surface area contributed by atoms with E-state index in [1.165, 1.54) is 6.07 Å². The summed E-state index contributed by atoms with van der Waals surface area (Å²) < 4.78 is 12.6. The molecule has 2 nitrogen and oxygen atoms in total. The molecule has 0 aliphatic heterocycles. The first kappa shape index (κ1) is 8.54. The molecule has 0 aliphatic carbocycles. The molecule has 1 aromatic rings. The molecule has 0 unspecified atom stereocenters. The summed E-state index contributed by atoms with van der Waals surface area (Å²) >= 11 is 0. The topological polar surface area (TPSA) is 16.1 Å². The van der Waals surface area contributed by atoms with Crippen LogP contribution in [0.5, 0.6) is 0 Å². The van der Waals surface area contributed by atoms with Gasteiger partial charge in [0, 0.05) is 7.05 Å². The summed E-state index contributed by atoms with van der Waals surface area (Å²) in [7, 11) is 1.77. The minimum atomic E-state index is -0.489. The van der Waals surface area contributed by atoms with E-state index in [4.69, 9.17) is 6.42 Å². The van der Waals surface area contributed by atoms with Gasteiger partial charge in [0.2, 0.25) is 5.95 Å². The number of hydrogen-bond donors (Lipinski definition) is 0.